The minimum absolute atomic E-state index is 0.109. The monoisotopic (exact) mass is 743 g/mol. The SMILES string of the molecule is COC(=O)C1=C(C(=O)OC)SC2(S1)C(C(=O)OC)=C(C(=O)OC)SC1=C2c2cccc(C)c2N(C(=O)c2ccc(-c3ccccc3)cc2)C1(C)C. The van der Waals surface area contributed by atoms with Crippen molar-refractivity contribution < 1.29 is 42.9 Å². The lowest BCUT2D eigenvalue weighted by Gasteiger charge is -2.51. The Bertz CT molecular complexity index is 2070. The molecule has 3 aliphatic rings. The molecular weight excluding hydrogens is 711 g/mol. The minimum Gasteiger partial charge on any atom is -0.466 e. The second-order valence-corrected chi connectivity index (χ2v) is 15.8. The van der Waals surface area contributed by atoms with Gasteiger partial charge in [0.25, 0.3) is 5.91 Å². The summed E-state index contributed by atoms with van der Waals surface area (Å²) in [7, 11) is 4.72. The van der Waals surface area contributed by atoms with Crippen LogP contribution in [0.15, 0.2) is 98.0 Å². The maximum atomic E-state index is 14.8. The van der Waals surface area contributed by atoms with E-state index in [1.54, 1.807) is 17.0 Å². The molecule has 0 aromatic heterocycles. The van der Waals surface area contributed by atoms with Gasteiger partial charge in [-0.25, -0.2) is 19.2 Å². The standard InChI is InChI=1S/C38H33NO9S3/c1-20-12-11-15-24-25-31(37(2,3)39(27(20)24)32(40)23-18-16-22(17-19-23)21-13-9-8-10-14-21)49-28(34(42)46-5)26(33(41)45-4)38(25)50-29(35(43)47-6)30(51-38)36(44)48-7/h8-19H,1-7H3. The highest BCUT2D eigenvalue weighted by atomic mass is 32.2. The summed E-state index contributed by atoms with van der Waals surface area (Å²) < 4.78 is 18.9. The molecule has 0 unspecified atom stereocenters. The van der Waals surface area contributed by atoms with E-state index in [2.05, 4.69) is 0 Å². The van der Waals surface area contributed by atoms with Gasteiger partial charge in [-0.05, 0) is 49.6 Å². The highest BCUT2D eigenvalue weighted by Crippen LogP contribution is 2.71. The summed E-state index contributed by atoms with van der Waals surface area (Å²) >= 11 is 2.78. The molecule has 0 saturated heterocycles. The van der Waals surface area contributed by atoms with E-state index in [1.165, 1.54) is 28.4 Å². The Morgan fingerprint density at radius 2 is 1.16 bits per heavy atom. The molecule has 10 nitrogen and oxygen atoms in total. The first-order valence-electron chi connectivity index (χ1n) is 15.6. The van der Waals surface area contributed by atoms with E-state index in [1.807, 2.05) is 81.4 Å². The van der Waals surface area contributed by atoms with Crippen LogP contribution in [-0.2, 0) is 38.1 Å². The number of rotatable bonds is 6. The number of fused-ring (bicyclic) bond motifs is 3. The van der Waals surface area contributed by atoms with E-state index >= 15 is 0 Å². The molecule has 0 bridgehead atoms. The Hall–Kier alpha value is -4.72. The lowest BCUT2D eigenvalue weighted by molar-refractivity contribution is -0.138. The Balaban J connectivity index is 1.62. The molecule has 0 radical (unpaired) electrons. The molecule has 3 aliphatic heterocycles. The van der Waals surface area contributed by atoms with Gasteiger partial charge >= 0.3 is 23.9 Å². The molecule has 1 amide bonds. The van der Waals surface area contributed by atoms with E-state index < -0.39 is 33.5 Å². The van der Waals surface area contributed by atoms with Gasteiger partial charge in [0.1, 0.15) is 18.8 Å². The van der Waals surface area contributed by atoms with E-state index in [-0.39, 0.29) is 26.2 Å². The van der Waals surface area contributed by atoms with Gasteiger partial charge < -0.3 is 18.9 Å². The van der Waals surface area contributed by atoms with Gasteiger partial charge in [-0.1, -0.05) is 95.9 Å². The maximum absolute atomic E-state index is 14.8. The third-order valence-corrected chi connectivity index (χ3v) is 13.5. The van der Waals surface area contributed by atoms with Crippen LogP contribution in [0.3, 0.4) is 0 Å². The van der Waals surface area contributed by atoms with Crippen molar-refractivity contribution in [2.24, 2.45) is 0 Å². The van der Waals surface area contributed by atoms with Gasteiger partial charge in [-0.3, -0.25) is 9.69 Å². The second kappa shape index (κ2) is 13.8. The first-order chi connectivity index (χ1) is 24.4. The van der Waals surface area contributed by atoms with E-state index in [9.17, 15) is 24.0 Å². The van der Waals surface area contributed by atoms with Gasteiger partial charge in [-0.2, -0.15) is 0 Å². The zero-order chi connectivity index (χ0) is 36.8. The molecule has 262 valence electrons. The number of aryl methyl sites for hydroxylation is 1. The summed E-state index contributed by atoms with van der Waals surface area (Å²) in [5.41, 5.74) is 3.50. The van der Waals surface area contributed by atoms with Gasteiger partial charge in [0, 0.05) is 21.6 Å². The zero-order valence-corrected chi connectivity index (χ0v) is 31.2. The number of amides is 1. The fourth-order valence-corrected chi connectivity index (χ4v) is 11.5. The van der Waals surface area contributed by atoms with Crippen molar-refractivity contribution in [3.8, 4) is 11.1 Å². The molecule has 0 fully saturated rings. The summed E-state index contributed by atoms with van der Waals surface area (Å²) in [4.78, 5) is 70.7. The number of esters is 4. The number of ether oxygens (including phenoxy) is 4. The molecule has 6 rings (SSSR count). The second-order valence-electron chi connectivity index (χ2n) is 12.1. The number of nitrogens with zero attached hydrogens (tertiary/aromatic N) is 1. The topological polar surface area (TPSA) is 126 Å². The van der Waals surface area contributed by atoms with Crippen LogP contribution in [-0.4, -0.2) is 67.8 Å². The van der Waals surface area contributed by atoms with Crippen LogP contribution in [0.1, 0.15) is 35.3 Å². The van der Waals surface area contributed by atoms with Crippen molar-refractivity contribution in [2.45, 2.75) is 30.4 Å². The zero-order valence-electron chi connectivity index (χ0n) is 28.8. The normalized spacial score (nSPS) is 17.1. The van der Waals surface area contributed by atoms with Crippen LogP contribution >= 0.6 is 35.3 Å². The fraction of sp³-hybridized carbons (Fsp3) is 0.237. The quantitative estimate of drug-likeness (QED) is 0.193. The Morgan fingerprint density at radius 3 is 1.71 bits per heavy atom. The van der Waals surface area contributed by atoms with Crippen molar-refractivity contribution in [3.05, 3.63) is 115 Å². The molecule has 13 heteroatoms. The molecule has 3 aromatic rings. The average molecular weight is 744 g/mol. The number of methoxy groups -OCH3 is 4. The number of anilines is 1. The lowest BCUT2D eigenvalue weighted by atomic mass is 9.82. The summed E-state index contributed by atoms with van der Waals surface area (Å²) in [6, 6.07) is 22.7. The highest BCUT2D eigenvalue weighted by molar-refractivity contribution is 8.26. The van der Waals surface area contributed by atoms with Crippen LogP contribution in [0.25, 0.3) is 16.7 Å². The van der Waals surface area contributed by atoms with Crippen molar-refractivity contribution in [3.63, 3.8) is 0 Å². The smallest absolute Gasteiger partial charge is 0.345 e. The third kappa shape index (κ3) is 5.77. The number of thioether (sulfide) groups is 3. The van der Waals surface area contributed by atoms with Crippen molar-refractivity contribution in [1.82, 2.24) is 0 Å². The van der Waals surface area contributed by atoms with Gasteiger partial charge in [0.05, 0.1) is 45.2 Å². The molecular formula is C38H33NO9S3. The van der Waals surface area contributed by atoms with Gasteiger partial charge in [0.15, 0.2) is 0 Å². The number of para-hydroxylation sites is 1. The number of carbonyl (C=O) groups excluding carboxylic acids is 5. The molecule has 0 atom stereocenters. The Labute approximate surface area is 307 Å². The molecule has 3 heterocycles. The maximum Gasteiger partial charge on any atom is 0.345 e. The minimum atomic E-state index is -1.66. The first kappa shape index (κ1) is 36.1. The lowest BCUT2D eigenvalue weighted by Crippen LogP contribution is -2.54. The van der Waals surface area contributed by atoms with E-state index in [0.717, 1.165) is 52.0 Å². The molecule has 3 aromatic carbocycles. The molecule has 1 spiro atoms. The predicted molar refractivity (Wildman–Crippen MR) is 198 cm³/mol. The van der Waals surface area contributed by atoms with E-state index in [4.69, 9.17) is 18.9 Å². The van der Waals surface area contributed by atoms with E-state index in [0.29, 0.717) is 27.3 Å². The summed E-state index contributed by atoms with van der Waals surface area (Å²) in [6.07, 6.45) is 0. The molecule has 51 heavy (non-hydrogen) atoms. The fourth-order valence-electron chi connectivity index (χ4n) is 6.44. The number of benzene rings is 3. The number of hydrogen-bond donors (Lipinski definition) is 0. The highest BCUT2D eigenvalue weighted by Gasteiger charge is 2.62. The van der Waals surface area contributed by atoms with Crippen LogP contribution < -0.4 is 4.90 Å². The Morgan fingerprint density at radius 1 is 0.627 bits per heavy atom. The van der Waals surface area contributed by atoms with Crippen LogP contribution in [0.5, 0.6) is 0 Å². The summed E-state index contributed by atoms with van der Waals surface area (Å²) in [5.74, 6) is -3.66. The molecule has 0 N–H and O–H groups in total. The third-order valence-electron chi connectivity index (χ3n) is 8.80. The molecule has 0 aliphatic carbocycles. The van der Waals surface area contributed by atoms with Gasteiger partial charge in [0.2, 0.25) is 0 Å². The average Bonchev–Trinajstić information content (AvgIpc) is 3.54. The summed E-state index contributed by atoms with van der Waals surface area (Å²) in [6.45, 7) is 5.59. The molecule has 0 saturated carbocycles. The van der Waals surface area contributed by atoms with Crippen molar-refractivity contribution >= 4 is 76.3 Å². The van der Waals surface area contributed by atoms with Gasteiger partial charge in [-0.15, -0.1) is 0 Å². The van der Waals surface area contributed by atoms with Crippen LogP contribution in [0.2, 0.25) is 0 Å². The largest absolute Gasteiger partial charge is 0.466 e. The van der Waals surface area contributed by atoms with Crippen molar-refractivity contribution in [1.29, 1.82) is 0 Å². The van der Waals surface area contributed by atoms with Crippen molar-refractivity contribution in [2.75, 3.05) is 33.3 Å². The Kier molecular flexibility index (Phi) is 9.75. The first-order valence-corrected chi connectivity index (χ1v) is 18.0. The predicted octanol–water partition coefficient (Wildman–Crippen LogP) is 6.89. The van der Waals surface area contributed by atoms with Crippen LogP contribution in [0.4, 0.5) is 5.69 Å². The number of carbonyl (C=O) groups is 5. The van der Waals surface area contributed by atoms with Crippen LogP contribution in [0, 0.1) is 6.92 Å². The summed E-state index contributed by atoms with van der Waals surface area (Å²) in [5, 5.41) is 0. The number of hydrogen-bond acceptors (Lipinski definition) is 12.